The van der Waals surface area contributed by atoms with Crippen molar-refractivity contribution in [3.63, 3.8) is 0 Å². The predicted molar refractivity (Wildman–Crippen MR) is 62.4 cm³/mol. The lowest BCUT2D eigenvalue weighted by atomic mass is 10.1. The highest BCUT2D eigenvalue weighted by molar-refractivity contribution is 5.55. The molecule has 2 rings (SSSR count). The van der Waals surface area contributed by atoms with Gasteiger partial charge in [-0.25, -0.2) is 13.6 Å². The molecule has 1 saturated heterocycles. The third-order valence-corrected chi connectivity index (χ3v) is 2.82. The van der Waals surface area contributed by atoms with Gasteiger partial charge in [0, 0.05) is 11.8 Å². The molecule has 1 aromatic rings. The van der Waals surface area contributed by atoms with E-state index < -0.39 is 30.8 Å². The Balaban J connectivity index is 2.44. The van der Waals surface area contributed by atoms with Crippen LogP contribution in [0.25, 0.3) is 0 Å². The summed E-state index contributed by atoms with van der Waals surface area (Å²) in [6.07, 6.45) is -3.44. The van der Waals surface area contributed by atoms with Crippen molar-refractivity contribution in [2.24, 2.45) is 0 Å². The largest absolute Gasteiger partial charge is 0.395 e. The molecule has 0 bridgehead atoms. The smallest absolute Gasteiger partial charge is 0.351 e. The molecular weight excluding hydrogens is 262 g/mol. The molecule has 1 aromatic heterocycles. The molecule has 3 atom stereocenters. The van der Waals surface area contributed by atoms with Gasteiger partial charge in [0.05, 0.1) is 18.6 Å². The van der Waals surface area contributed by atoms with Crippen LogP contribution in [0.3, 0.4) is 0 Å². The Bertz CT molecular complexity index is 574. The first kappa shape index (κ1) is 13.4. The molecule has 7 nitrogen and oxygen atoms in total. The molecule has 1 aliphatic rings. The van der Waals surface area contributed by atoms with Gasteiger partial charge in [0.2, 0.25) is 0 Å². The summed E-state index contributed by atoms with van der Waals surface area (Å²) in [6.45, 7) is -0.612. The van der Waals surface area contributed by atoms with Crippen LogP contribution < -0.4 is 17.2 Å². The average Bonchev–Trinajstić information content (AvgIpc) is 2.70. The summed E-state index contributed by atoms with van der Waals surface area (Å²) < 4.78 is 32.4. The summed E-state index contributed by atoms with van der Waals surface area (Å²) in [5, 5.41) is 8.97. The lowest BCUT2D eigenvalue weighted by Gasteiger charge is -2.16. The van der Waals surface area contributed by atoms with Crippen molar-refractivity contribution in [1.82, 2.24) is 9.55 Å². The summed E-state index contributed by atoms with van der Waals surface area (Å²) in [6, 6.07) is 0. The van der Waals surface area contributed by atoms with E-state index in [0.717, 1.165) is 10.8 Å². The first-order chi connectivity index (χ1) is 8.99. The molecule has 2 heterocycles. The fourth-order valence-electron chi connectivity index (χ4n) is 1.82. The Kier molecular flexibility index (Phi) is 3.49. The zero-order valence-electron chi connectivity index (χ0n) is 9.66. The van der Waals surface area contributed by atoms with E-state index in [-0.39, 0.29) is 23.4 Å². The summed E-state index contributed by atoms with van der Waals surface area (Å²) in [5.41, 5.74) is 9.52. The maximum absolute atomic E-state index is 14.0. The monoisotopic (exact) mass is 274 g/mol. The van der Waals surface area contributed by atoms with Gasteiger partial charge in [0.15, 0.2) is 18.2 Å². The third-order valence-electron chi connectivity index (χ3n) is 2.82. The minimum Gasteiger partial charge on any atom is -0.395 e. The van der Waals surface area contributed by atoms with E-state index in [2.05, 4.69) is 4.98 Å². The maximum Gasteiger partial charge on any atom is 0.351 e. The number of nitrogens with zero attached hydrogens (tertiary/aromatic N) is 2. The number of ether oxygens (including phenoxy) is 1. The van der Waals surface area contributed by atoms with Gasteiger partial charge in [0.25, 0.3) is 0 Å². The molecule has 0 radical (unpaired) electrons. The zero-order chi connectivity index (χ0) is 14.2. The number of hydrogen-bond acceptors (Lipinski definition) is 6. The van der Waals surface area contributed by atoms with Crippen LogP contribution in [-0.4, -0.2) is 33.5 Å². The number of anilines is 2. The molecule has 9 heteroatoms. The van der Waals surface area contributed by atoms with Gasteiger partial charge >= 0.3 is 5.69 Å². The van der Waals surface area contributed by atoms with Gasteiger partial charge in [-0.2, -0.15) is 4.98 Å². The predicted octanol–water partition coefficient (Wildman–Crippen LogP) is -0.511. The second kappa shape index (κ2) is 4.94. The number of rotatable bonds is 2. The minimum atomic E-state index is -1.93. The molecule has 0 amide bonds. The summed E-state index contributed by atoms with van der Waals surface area (Å²) in [4.78, 5) is 15.0. The van der Waals surface area contributed by atoms with Crippen LogP contribution in [-0.2, 0) is 4.74 Å². The highest BCUT2D eigenvalue weighted by Gasteiger charge is 2.42. The van der Waals surface area contributed by atoms with Gasteiger partial charge in [-0.15, -0.1) is 0 Å². The summed E-state index contributed by atoms with van der Waals surface area (Å²) >= 11 is 0. The van der Waals surface area contributed by atoms with Gasteiger partial charge in [0.1, 0.15) is 6.10 Å². The fourth-order valence-corrected chi connectivity index (χ4v) is 1.82. The lowest BCUT2D eigenvalue weighted by Crippen LogP contribution is -2.31. The topological polar surface area (TPSA) is 116 Å². The second-order valence-electron chi connectivity index (χ2n) is 3.98. The second-order valence-corrected chi connectivity index (χ2v) is 3.98. The van der Waals surface area contributed by atoms with Crippen LogP contribution in [0.4, 0.5) is 20.3 Å². The molecule has 3 unspecified atom stereocenters. The van der Waals surface area contributed by atoms with E-state index in [4.69, 9.17) is 21.3 Å². The van der Waals surface area contributed by atoms with Gasteiger partial charge in [-0.1, -0.05) is 0 Å². The quantitative estimate of drug-likeness (QED) is 0.668. The summed E-state index contributed by atoms with van der Waals surface area (Å²) in [5.74, 6) is -0.186. The zero-order valence-corrected chi connectivity index (χ0v) is 9.66. The van der Waals surface area contributed by atoms with E-state index in [0.29, 0.717) is 0 Å². The van der Waals surface area contributed by atoms with E-state index >= 15 is 0 Å². The first-order valence-electron chi connectivity index (χ1n) is 5.34. The van der Waals surface area contributed by atoms with E-state index in [1.165, 1.54) is 0 Å². The number of nitrogens with two attached hydrogens (primary N) is 2. The number of hydrogen-bond donors (Lipinski definition) is 3. The molecule has 1 aliphatic heterocycles. The van der Waals surface area contributed by atoms with Crippen LogP contribution in [0.1, 0.15) is 6.23 Å². The Morgan fingerprint density at radius 1 is 1.58 bits per heavy atom. The third kappa shape index (κ3) is 2.17. The molecule has 1 fully saturated rings. The van der Waals surface area contributed by atoms with E-state index in [1.807, 2.05) is 0 Å². The van der Waals surface area contributed by atoms with Crippen molar-refractivity contribution in [3.05, 3.63) is 28.6 Å². The number of halogens is 2. The SMILES string of the molecule is Nc1cn(C2OC(CO)/C(=C/F)C2F)c(=O)nc1N. The molecular formula is C10H12F2N4O3. The number of aliphatic hydroxyl groups excluding tert-OH is 1. The molecule has 5 N–H and O–H groups in total. The Labute approximate surface area is 106 Å². The molecule has 0 aromatic carbocycles. The number of alkyl halides is 1. The van der Waals surface area contributed by atoms with Crippen molar-refractivity contribution in [2.45, 2.75) is 18.5 Å². The Hall–Kier alpha value is -2.00. The summed E-state index contributed by atoms with van der Waals surface area (Å²) in [7, 11) is 0. The highest BCUT2D eigenvalue weighted by Crippen LogP contribution is 2.35. The maximum atomic E-state index is 14.0. The first-order valence-corrected chi connectivity index (χ1v) is 5.34. The molecule has 0 spiro atoms. The van der Waals surface area contributed by atoms with Gasteiger partial charge < -0.3 is 21.3 Å². The van der Waals surface area contributed by atoms with E-state index in [9.17, 15) is 13.6 Å². The Morgan fingerprint density at radius 3 is 2.79 bits per heavy atom. The fraction of sp³-hybridized carbons (Fsp3) is 0.400. The van der Waals surface area contributed by atoms with Gasteiger partial charge in [-0.05, 0) is 0 Å². The lowest BCUT2D eigenvalue weighted by molar-refractivity contribution is -0.0374. The molecule has 0 aliphatic carbocycles. The Morgan fingerprint density at radius 2 is 2.26 bits per heavy atom. The highest BCUT2D eigenvalue weighted by atomic mass is 19.1. The van der Waals surface area contributed by atoms with Crippen LogP contribution in [0.15, 0.2) is 22.9 Å². The number of nitrogen functional groups attached to an aromatic ring is 2. The number of aromatic nitrogens is 2. The van der Waals surface area contributed by atoms with Crippen molar-refractivity contribution in [2.75, 3.05) is 18.1 Å². The van der Waals surface area contributed by atoms with Crippen molar-refractivity contribution in [3.8, 4) is 0 Å². The normalized spacial score (nSPS) is 29.0. The van der Waals surface area contributed by atoms with Crippen molar-refractivity contribution >= 4 is 11.5 Å². The minimum absolute atomic E-state index is 0.0185. The average molecular weight is 274 g/mol. The standard InChI is InChI=1S/C10H12F2N4O3/c11-1-4-6(3-17)19-9(7(4)12)16-2-5(13)8(14)15-10(16)18/h1-2,6-7,9,17H,3,13H2,(H2,14,15,18)/b4-1-. The van der Waals surface area contributed by atoms with Crippen LogP contribution in [0, 0.1) is 0 Å². The van der Waals surface area contributed by atoms with Crippen molar-refractivity contribution < 1.29 is 18.6 Å². The number of aliphatic hydroxyl groups is 1. The van der Waals surface area contributed by atoms with Crippen LogP contribution in [0.5, 0.6) is 0 Å². The van der Waals surface area contributed by atoms with Crippen LogP contribution >= 0.6 is 0 Å². The molecule has 0 saturated carbocycles. The van der Waals surface area contributed by atoms with E-state index in [1.54, 1.807) is 0 Å². The van der Waals surface area contributed by atoms with Crippen LogP contribution in [0.2, 0.25) is 0 Å². The van der Waals surface area contributed by atoms with Crippen molar-refractivity contribution in [1.29, 1.82) is 0 Å². The molecule has 104 valence electrons. The molecule has 19 heavy (non-hydrogen) atoms. The van der Waals surface area contributed by atoms with Gasteiger partial charge in [-0.3, -0.25) is 4.57 Å².